The Labute approximate surface area is 189 Å². The van der Waals surface area contributed by atoms with Crippen molar-refractivity contribution in [2.24, 2.45) is 0 Å². The van der Waals surface area contributed by atoms with Crippen LogP contribution in [0.25, 0.3) is 5.69 Å². The van der Waals surface area contributed by atoms with Gasteiger partial charge in [-0.05, 0) is 55.5 Å². The lowest BCUT2D eigenvalue weighted by molar-refractivity contribution is -0.127. The normalized spacial score (nSPS) is 13.0. The molecule has 31 heavy (non-hydrogen) atoms. The highest BCUT2D eigenvalue weighted by atomic mass is 32.2. The number of anilines is 1. The minimum atomic E-state index is 0.113. The first kappa shape index (κ1) is 21.5. The second-order valence-corrected chi connectivity index (χ2v) is 9.21. The monoisotopic (exact) mass is 434 g/mol. The molecule has 0 aliphatic heterocycles. The van der Waals surface area contributed by atoms with Crippen molar-refractivity contribution in [1.82, 2.24) is 14.5 Å². The Morgan fingerprint density at radius 1 is 1.00 bits per heavy atom. The van der Waals surface area contributed by atoms with Crippen LogP contribution >= 0.6 is 11.8 Å². The number of nitrogens with zero attached hydrogens (tertiary/aromatic N) is 4. The van der Waals surface area contributed by atoms with Crippen LogP contribution in [-0.4, -0.2) is 47.3 Å². The van der Waals surface area contributed by atoms with E-state index in [1.165, 1.54) is 24.2 Å². The molecule has 0 saturated heterocycles. The first-order valence-electron chi connectivity index (χ1n) is 10.8. The van der Waals surface area contributed by atoms with Crippen LogP contribution in [0.3, 0.4) is 0 Å². The van der Waals surface area contributed by atoms with Crippen LogP contribution in [0, 0.1) is 0 Å². The fourth-order valence-corrected chi connectivity index (χ4v) is 4.95. The van der Waals surface area contributed by atoms with Crippen LogP contribution in [0.1, 0.15) is 29.8 Å². The second-order valence-electron chi connectivity index (χ2n) is 8.27. The first-order valence-corrected chi connectivity index (χ1v) is 11.8. The molecule has 1 amide bonds. The summed E-state index contributed by atoms with van der Waals surface area (Å²) in [7, 11) is 5.93. The van der Waals surface area contributed by atoms with E-state index in [-0.39, 0.29) is 5.91 Å². The van der Waals surface area contributed by atoms with Crippen molar-refractivity contribution in [3.05, 3.63) is 71.5 Å². The minimum absolute atomic E-state index is 0.113. The van der Waals surface area contributed by atoms with Crippen LogP contribution in [0.15, 0.2) is 59.8 Å². The Morgan fingerprint density at radius 2 is 1.71 bits per heavy atom. The van der Waals surface area contributed by atoms with Gasteiger partial charge in [0.25, 0.3) is 0 Å². The standard InChI is InChI=1S/C25H30N4OS/c1-27(2)20-15-13-19(14-16-20)17-28(3)24(30)18-31-25-26-22-11-7-8-12-23(22)29(25)21-9-5-4-6-10-21/h4-6,9-10,13-16H,7-8,11-12,17-18H2,1-3H3. The first-order chi connectivity index (χ1) is 15.0. The summed E-state index contributed by atoms with van der Waals surface area (Å²) in [6.45, 7) is 0.608. The number of benzene rings is 2. The fourth-order valence-electron chi connectivity index (χ4n) is 3.95. The molecule has 1 aliphatic rings. The van der Waals surface area contributed by atoms with Gasteiger partial charge in [-0.2, -0.15) is 0 Å². The average molecular weight is 435 g/mol. The molecule has 0 unspecified atom stereocenters. The van der Waals surface area contributed by atoms with E-state index in [9.17, 15) is 4.79 Å². The molecule has 0 radical (unpaired) electrons. The smallest absolute Gasteiger partial charge is 0.233 e. The predicted molar refractivity (Wildman–Crippen MR) is 128 cm³/mol. The molecule has 0 N–H and O–H groups in total. The van der Waals surface area contributed by atoms with E-state index in [0.29, 0.717) is 12.3 Å². The van der Waals surface area contributed by atoms with Gasteiger partial charge in [0.1, 0.15) is 0 Å². The number of carbonyl (C=O) groups is 1. The zero-order valence-corrected chi connectivity index (χ0v) is 19.4. The number of aryl methyl sites for hydroxylation is 1. The topological polar surface area (TPSA) is 41.4 Å². The molecule has 1 aromatic heterocycles. The molecular weight excluding hydrogens is 404 g/mol. The minimum Gasteiger partial charge on any atom is -0.378 e. The fraction of sp³-hybridized carbons (Fsp3) is 0.360. The maximum absolute atomic E-state index is 12.8. The number of aromatic nitrogens is 2. The van der Waals surface area contributed by atoms with Crippen molar-refractivity contribution in [3.63, 3.8) is 0 Å². The Hall–Kier alpha value is -2.73. The van der Waals surface area contributed by atoms with E-state index < -0.39 is 0 Å². The number of carbonyl (C=O) groups excluding carboxylic acids is 1. The van der Waals surface area contributed by atoms with Crippen LogP contribution < -0.4 is 4.90 Å². The average Bonchev–Trinajstić information content (AvgIpc) is 3.16. The lowest BCUT2D eigenvalue weighted by Gasteiger charge is -2.19. The van der Waals surface area contributed by atoms with E-state index >= 15 is 0 Å². The van der Waals surface area contributed by atoms with Gasteiger partial charge in [-0.15, -0.1) is 0 Å². The van der Waals surface area contributed by atoms with E-state index in [2.05, 4.69) is 58.0 Å². The number of thioether (sulfide) groups is 1. The number of fused-ring (bicyclic) bond motifs is 1. The Morgan fingerprint density at radius 3 is 2.42 bits per heavy atom. The number of amides is 1. The molecule has 3 aromatic rings. The van der Waals surface area contributed by atoms with Crippen molar-refractivity contribution in [2.75, 3.05) is 31.8 Å². The number of rotatable bonds is 7. The lowest BCUT2D eigenvalue weighted by Crippen LogP contribution is -2.28. The highest BCUT2D eigenvalue weighted by molar-refractivity contribution is 7.99. The number of hydrogen-bond donors (Lipinski definition) is 0. The SMILES string of the molecule is CN(Cc1ccc(N(C)C)cc1)C(=O)CSc1nc2c(n1-c1ccccc1)CCCC2. The van der Waals surface area contributed by atoms with Gasteiger partial charge in [0.15, 0.2) is 5.16 Å². The Bertz CT molecular complexity index is 1030. The Balaban J connectivity index is 1.45. The molecule has 0 saturated carbocycles. The van der Waals surface area contributed by atoms with Gasteiger partial charge in [0.2, 0.25) is 5.91 Å². The third kappa shape index (κ3) is 4.96. The summed E-state index contributed by atoms with van der Waals surface area (Å²) in [6.07, 6.45) is 4.47. The predicted octanol–water partition coefficient (Wildman–Crippen LogP) is 4.57. The van der Waals surface area contributed by atoms with E-state index in [1.54, 1.807) is 16.7 Å². The summed E-state index contributed by atoms with van der Waals surface area (Å²) >= 11 is 1.54. The van der Waals surface area contributed by atoms with Crippen molar-refractivity contribution in [1.29, 1.82) is 0 Å². The third-order valence-electron chi connectivity index (χ3n) is 5.74. The van der Waals surface area contributed by atoms with Gasteiger partial charge in [0.05, 0.1) is 11.4 Å². The molecule has 0 spiro atoms. The van der Waals surface area contributed by atoms with Crippen LogP contribution in [0.2, 0.25) is 0 Å². The van der Waals surface area contributed by atoms with Gasteiger partial charge in [-0.25, -0.2) is 4.98 Å². The Kier molecular flexibility index (Phi) is 6.66. The number of hydrogen-bond acceptors (Lipinski definition) is 4. The molecule has 162 valence electrons. The highest BCUT2D eigenvalue weighted by Crippen LogP contribution is 2.30. The van der Waals surface area contributed by atoms with Crippen LogP contribution in [-0.2, 0) is 24.2 Å². The van der Waals surface area contributed by atoms with Gasteiger partial charge in [-0.1, -0.05) is 42.1 Å². The molecule has 1 aliphatic carbocycles. The van der Waals surface area contributed by atoms with E-state index in [4.69, 9.17) is 4.98 Å². The summed E-state index contributed by atoms with van der Waals surface area (Å²) in [5.41, 5.74) is 5.92. The zero-order chi connectivity index (χ0) is 21.8. The maximum atomic E-state index is 12.8. The molecule has 5 nitrogen and oxygen atoms in total. The third-order valence-corrected chi connectivity index (χ3v) is 6.66. The van der Waals surface area contributed by atoms with Crippen molar-refractivity contribution in [2.45, 2.75) is 37.4 Å². The van der Waals surface area contributed by atoms with E-state index in [1.807, 2.05) is 27.2 Å². The van der Waals surface area contributed by atoms with Crippen molar-refractivity contribution >= 4 is 23.4 Å². The lowest BCUT2D eigenvalue weighted by atomic mass is 10.0. The van der Waals surface area contributed by atoms with E-state index in [0.717, 1.165) is 34.9 Å². The van der Waals surface area contributed by atoms with Crippen LogP contribution in [0.5, 0.6) is 0 Å². The molecule has 6 heteroatoms. The maximum Gasteiger partial charge on any atom is 0.233 e. The van der Waals surface area contributed by atoms with Crippen LogP contribution in [0.4, 0.5) is 5.69 Å². The quantitative estimate of drug-likeness (QED) is 0.511. The number of imidazole rings is 1. The summed E-state index contributed by atoms with van der Waals surface area (Å²) < 4.78 is 2.26. The summed E-state index contributed by atoms with van der Waals surface area (Å²) in [5, 5.41) is 0.926. The van der Waals surface area contributed by atoms with Crippen molar-refractivity contribution < 1.29 is 4.79 Å². The largest absolute Gasteiger partial charge is 0.378 e. The molecule has 2 aromatic carbocycles. The zero-order valence-electron chi connectivity index (χ0n) is 18.5. The van der Waals surface area contributed by atoms with Gasteiger partial charge >= 0.3 is 0 Å². The summed E-state index contributed by atoms with van der Waals surface area (Å²) in [4.78, 5) is 21.6. The molecular formula is C25H30N4OS. The highest BCUT2D eigenvalue weighted by Gasteiger charge is 2.22. The van der Waals surface area contributed by atoms with Gasteiger partial charge in [-0.3, -0.25) is 9.36 Å². The second kappa shape index (κ2) is 9.60. The summed E-state index contributed by atoms with van der Waals surface area (Å²) in [5.74, 6) is 0.497. The molecule has 0 fully saturated rings. The van der Waals surface area contributed by atoms with Gasteiger partial charge in [0, 0.05) is 44.8 Å². The molecule has 1 heterocycles. The van der Waals surface area contributed by atoms with Crippen molar-refractivity contribution in [3.8, 4) is 5.69 Å². The summed E-state index contributed by atoms with van der Waals surface area (Å²) in [6, 6.07) is 18.7. The molecule has 0 bridgehead atoms. The molecule has 4 rings (SSSR count). The molecule has 0 atom stereocenters. The van der Waals surface area contributed by atoms with Gasteiger partial charge < -0.3 is 9.80 Å². The number of para-hydroxylation sites is 1.